The quantitative estimate of drug-likeness (QED) is 0.401. The summed E-state index contributed by atoms with van der Waals surface area (Å²) in [5.41, 5.74) is 4.28. The lowest BCUT2D eigenvalue weighted by molar-refractivity contribution is 0.0953. The number of nitrogens with one attached hydrogen (secondary N) is 1. The maximum atomic E-state index is 12.0. The van der Waals surface area contributed by atoms with Crippen molar-refractivity contribution in [3.8, 4) is 23.3 Å². The smallest absolute Gasteiger partial charge is 0.271 e. The molecule has 0 spiro atoms. The summed E-state index contributed by atoms with van der Waals surface area (Å²) in [5.74, 6) is 0.928. The van der Waals surface area contributed by atoms with Gasteiger partial charge in [0, 0.05) is 11.1 Å². The van der Waals surface area contributed by atoms with E-state index in [1.807, 2.05) is 12.1 Å². The number of benzene rings is 2. The van der Waals surface area contributed by atoms with Crippen LogP contribution >= 0.6 is 0 Å². The van der Waals surface area contributed by atoms with Crippen molar-refractivity contribution in [2.75, 3.05) is 14.2 Å². The summed E-state index contributed by atoms with van der Waals surface area (Å²) < 4.78 is 16.3. The highest BCUT2D eigenvalue weighted by atomic mass is 16.5. The fourth-order valence-corrected chi connectivity index (χ4v) is 2.73. The molecule has 29 heavy (non-hydrogen) atoms. The van der Waals surface area contributed by atoms with Crippen molar-refractivity contribution in [1.29, 1.82) is 5.26 Å². The highest BCUT2D eigenvalue weighted by Crippen LogP contribution is 2.36. The number of ether oxygens (including phenoxy) is 3. The predicted molar refractivity (Wildman–Crippen MR) is 107 cm³/mol. The molecule has 0 bridgehead atoms. The number of hydrogen-bond acceptors (Lipinski definition) is 7. The van der Waals surface area contributed by atoms with Gasteiger partial charge in [0.05, 0.1) is 19.8 Å². The maximum absolute atomic E-state index is 12.0. The van der Waals surface area contributed by atoms with Crippen molar-refractivity contribution in [1.82, 2.24) is 5.43 Å². The van der Waals surface area contributed by atoms with Gasteiger partial charge in [-0.25, -0.2) is 5.43 Å². The van der Waals surface area contributed by atoms with E-state index in [1.54, 1.807) is 20.3 Å². The Morgan fingerprint density at radius 3 is 2.45 bits per heavy atom. The monoisotopic (exact) mass is 397 g/mol. The first kappa shape index (κ1) is 21.6. The zero-order valence-electron chi connectivity index (χ0n) is 16.7. The van der Waals surface area contributed by atoms with E-state index in [4.69, 9.17) is 19.5 Å². The zero-order valence-corrected chi connectivity index (χ0v) is 16.7. The molecule has 0 heterocycles. The highest BCUT2D eigenvalue weighted by Gasteiger charge is 2.15. The molecule has 1 amide bonds. The third kappa shape index (κ3) is 5.39. The van der Waals surface area contributed by atoms with Crippen LogP contribution in [0.25, 0.3) is 0 Å². The third-order valence-electron chi connectivity index (χ3n) is 4.10. The Kier molecular flexibility index (Phi) is 7.43. The Bertz CT molecular complexity index is 923. The summed E-state index contributed by atoms with van der Waals surface area (Å²) in [7, 11) is 3.20. The summed E-state index contributed by atoms with van der Waals surface area (Å²) in [5, 5.41) is 22.1. The minimum Gasteiger partial charge on any atom is -0.507 e. The van der Waals surface area contributed by atoms with E-state index in [-0.39, 0.29) is 29.4 Å². The maximum Gasteiger partial charge on any atom is 0.271 e. The van der Waals surface area contributed by atoms with Gasteiger partial charge in [0.2, 0.25) is 0 Å². The van der Waals surface area contributed by atoms with Gasteiger partial charge in [-0.05, 0) is 41.8 Å². The summed E-state index contributed by atoms with van der Waals surface area (Å²) in [6.07, 6.45) is 1.11. The second-order valence-corrected chi connectivity index (χ2v) is 6.40. The number of phenolic OH excluding ortho intramolecular Hbond substituents is 1. The van der Waals surface area contributed by atoms with Gasteiger partial charge in [-0.15, -0.1) is 5.10 Å². The van der Waals surface area contributed by atoms with Gasteiger partial charge in [0.15, 0.2) is 6.40 Å². The van der Waals surface area contributed by atoms with Crippen molar-refractivity contribution >= 4 is 12.3 Å². The molecule has 8 heteroatoms. The first-order chi connectivity index (χ1) is 13.9. The van der Waals surface area contributed by atoms with Crippen LogP contribution in [0.2, 0.25) is 0 Å². The van der Waals surface area contributed by atoms with Gasteiger partial charge in [0.1, 0.15) is 29.9 Å². The Labute approximate surface area is 169 Å². The lowest BCUT2D eigenvalue weighted by Crippen LogP contribution is -2.17. The molecule has 0 saturated heterocycles. The van der Waals surface area contributed by atoms with Crippen molar-refractivity contribution in [3.63, 3.8) is 0 Å². The van der Waals surface area contributed by atoms with E-state index in [0.717, 1.165) is 17.5 Å². The van der Waals surface area contributed by atoms with Gasteiger partial charge in [-0.3, -0.25) is 4.79 Å². The van der Waals surface area contributed by atoms with Gasteiger partial charge < -0.3 is 19.3 Å². The van der Waals surface area contributed by atoms with Crippen LogP contribution in [0.15, 0.2) is 35.4 Å². The van der Waals surface area contributed by atoms with Crippen LogP contribution < -0.4 is 14.9 Å². The van der Waals surface area contributed by atoms with E-state index in [2.05, 4.69) is 24.4 Å². The molecular formula is C21H23N3O5. The molecule has 0 aliphatic carbocycles. The van der Waals surface area contributed by atoms with E-state index >= 15 is 0 Å². The van der Waals surface area contributed by atoms with Crippen LogP contribution in [0, 0.1) is 11.3 Å². The van der Waals surface area contributed by atoms with Crippen LogP contribution in [0.1, 0.15) is 46.8 Å². The fraction of sp³-hybridized carbons (Fsp3) is 0.286. The molecule has 0 radical (unpaired) electrons. The number of carbonyl (C=O) groups is 1. The number of hydrogen-bond donors (Lipinski definition) is 2. The Hall–Kier alpha value is -3.73. The van der Waals surface area contributed by atoms with E-state index < -0.39 is 5.91 Å². The fourth-order valence-electron chi connectivity index (χ4n) is 2.73. The summed E-state index contributed by atoms with van der Waals surface area (Å²) in [6, 6.07) is 9.46. The SMILES string of the molecule is COc1cc(CO/C=N/NC(=O)c2ccc(O)c(C#N)c2)cc(OC)c1C(C)C. The van der Waals surface area contributed by atoms with E-state index in [0.29, 0.717) is 11.5 Å². The number of methoxy groups -OCH3 is 2. The van der Waals surface area contributed by atoms with Gasteiger partial charge >= 0.3 is 0 Å². The van der Waals surface area contributed by atoms with Crippen molar-refractivity contribution < 1.29 is 24.1 Å². The van der Waals surface area contributed by atoms with Crippen molar-refractivity contribution in [3.05, 3.63) is 52.6 Å². The summed E-state index contributed by atoms with van der Waals surface area (Å²) in [4.78, 5) is 12.0. The lowest BCUT2D eigenvalue weighted by atomic mass is 9.99. The molecule has 2 aromatic carbocycles. The molecule has 2 N–H and O–H groups in total. The van der Waals surface area contributed by atoms with E-state index in [1.165, 1.54) is 18.2 Å². The Balaban J connectivity index is 1.98. The van der Waals surface area contributed by atoms with Crippen LogP contribution in [-0.2, 0) is 11.3 Å². The molecule has 0 aromatic heterocycles. The molecule has 2 aromatic rings. The van der Waals surface area contributed by atoms with Crippen molar-refractivity contribution in [2.45, 2.75) is 26.4 Å². The van der Waals surface area contributed by atoms with Crippen molar-refractivity contribution in [2.24, 2.45) is 5.10 Å². The van der Waals surface area contributed by atoms with Gasteiger partial charge in [-0.1, -0.05) is 13.8 Å². The summed E-state index contributed by atoms with van der Waals surface area (Å²) in [6.45, 7) is 4.31. The van der Waals surface area contributed by atoms with E-state index in [9.17, 15) is 9.90 Å². The number of rotatable bonds is 8. The number of aromatic hydroxyl groups is 1. The average molecular weight is 397 g/mol. The second kappa shape index (κ2) is 9.99. The normalized spacial score (nSPS) is 10.6. The highest BCUT2D eigenvalue weighted by molar-refractivity contribution is 5.94. The number of nitrogens with zero attached hydrogens (tertiary/aromatic N) is 2. The standard InChI is InChI=1S/C21H23N3O5/c1-13(2)20-18(27-3)7-14(8-19(20)28-4)11-29-12-23-24-21(26)15-5-6-17(25)16(9-15)10-22/h5-9,12-13,25H,11H2,1-4H3,(H,24,26)/b23-12+. The largest absolute Gasteiger partial charge is 0.507 e. The molecular weight excluding hydrogens is 374 g/mol. The lowest BCUT2D eigenvalue weighted by Gasteiger charge is -2.17. The first-order valence-electron chi connectivity index (χ1n) is 8.82. The van der Waals surface area contributed by atoms with Gasteiger partial charge in [-0.2, -0.15) is 5.26 Å². The molecule has 0 aliphatic heterocycles. The third-order valence-corrected chi connectivity index (χ3v) is 4.10. The molecule has 152 valence electrons. The number of hydrazone groups is 1. The minimum absolute atomic E-state index is 0.00520. The van der Waals surface area contributed by atoms with Gasteiger partial charge in [0.25, 0.3) is 5.91 Å². The molecule has 8 nitrogen and oxygen atoms in total. The molecule has 0 atom stereocenters. The zero-order chi connectivity index (χ0) is 21.4. The predicted octanol–water partition coefficient (Wildman–Crippen LogP) is 3.29. The van der Waals surface area contributed by atoms with Crippen LogP contribution in [0.5, 0.6) is 17.2 Å². The van der Waals surface area contributed by atoms with Crippen LogP contribution in [-0.4, -0.2) is 31.6 Å². The van der Waals surface area contributed by atoms with Crippen LogP contribution in [0.4, 0.5) is 0 Å². The molecule has 0 aliphatic rings. The topological polar surface area (TPSA) is 113 Å². The number of phenols is 1. The minimum atomic E-state index is -0.536. The average Bonchev–Trinajstić information content (AvgIpc) is 2.72. The molecule has 0 fully saturated rings. The first-order valence-corrected chi connectivity index (χ1v) is 8.82. The Morgan fingerprint density at radius 2 is 1.90 bits per heavy atom. The molecule has 0 unspecified atom stereocenters. The molecule has 2 rings (SSSR count). The number of amides is 1. The summed E-state index contributed by atoms with van der Waals surface area (Å²) >= 11 is 0. The Morgan fingerprint density at radius 1 is 1.24 bits per heavy atom. The number of nitriles is 1. The number of carbonyl (C=O) groups excluding carboxylic acids is 1. The molecule has 0 saturated carbocycles. The second-order valence-electron chi connectivity index (χ2n) is 6.40. The van der Waals surface area contributed by atoms with Crippen LogP contribution in [0.3, 0.4) is 0 Å².